The Morgan fingerprint density at radius 2 is 2.00 bits per heavy atom. The van der Waals surface area contributed by atoms with Crippen LogP contribution in [0.3, 0.4) is 0 Å². The minimum absolute atomic E-state index is 0. The number of aryl methyl sites for hydroxylation is 1. The highest BCUT2D eigenvalue weighted by Crippen LogP contribution is 2.26. The van der Waals surface area contributed by atoms with E-state index in [0.29, 0.717) is 13.1 Å². The molecular formula is C18H27IN4O2S. The highest BCUT2D eigenvalue weighted by atomic mass is 127. The number of para-hydroxylation sites is 2. The molecule has 1 aromatic carbocycles. The van der Waals surface area contributed by atoms with Crippen LogP contribution < -0.4 is 20.1 Å². The summed E-state index contributed by atoms with van der Waals surface area (Å²) in [5.41, 5.74) is 0. The average molecular weight is 490 g/mol. The molecule has 2 N–H and O–H groups in total. The van der Waals surface area contributed by atoms with Gasteiger partial charge in [-0.15, -0.1) is 35.3 Å². The topological polar surface area (TPSA) is 67.8 Å². The molecule has 2 aromatic rings. The van der Waals surface area contributed by atoms with E-state index in [2.05, 4.69) is 27.5 Å². The number of halogens is 1. The van der Waals surface area contributed by atoms with Crippen LogP contribution in [0.2, 0.25) is 0 Å². The lowest BCUT2D eigenvalue weighted by molar-refractivity contribution is 0.213. The van der Waals surface area contributed by atoms with E-state index < -0.39 is 0 Å². The summed E-state index contributed by atoms with van der Waals surface area (Å²) in [6, 6.07) is 7.63. The lowest BCUT2D eigenvalue weighted by Gasteiger charge is -2.18. The Hall–Kier alpha value is -1.55. The molecule has 2 rings (SSSR count). The third-order valence-electron chi connectivity index (χ3n) is 3.53. The van der Waals surface area contributed by atoms with E-state index in [1.807, 2.05) is 37.4 Å². The second-order valence-electron chi connectivity index (χ2n) is 5.46. The fraction of sp³-hybridized carbons (Fsp3) is 0.444. The number of guanidine groups is 1. The lowest BCUT2D eigenvalue weighted by Crippen LogP contribution is -2.41. The van der Waals surface area contributed by atoms with Crippen LogP contribution in [0, 0.1) is 0 Å². The van der Waals surface area contributed by atoms with Gasteiger partial charge in [-0.2, -0.15) is 0 Å². The first-order chi connectivity index (χ1) is 12.2. The maximum Gasteiger partial charge on any atom is 0.191 e. The van der Waals surface area contributed by atoms with Crippen molar-refractivity contribution in [3.63, 3.8) is 0 Å². The maximum atomic E-state index is 5.93. The van der Waals surface area contributed by atoms with Gasteiger partial charge in [-0.25, -0.2) is 4.98 Å². The molecule has 1 heterocycles. The fourth-order valence-electron chi connectivity index (χ4n) is 2.19. The molecule has 26 heavy (non-hydrogen) atoms. The highest BCUT2D eigenvalue weighted by molar-refractivity contribution is 14.0. The predicted octanol–water partition coefficient (Wildman–Crippen LogP) is 3.46. The summed E-state index contributed by atoms with van der Waals surface area (Å²) in [6.45, 7) is 5.41. The van der Waals surface area contributed by atoms with E-state index in [9.17, 15) is 0 Å². The summed E-state index contributed by atoms with van der Waals surface area (Å²) in [6.07, 6.45) is 2.91. The maximum absolute atomic E-state index is 5.93. The smallest absolute Gasteiger partial charge is 0.191 e. The monoisotopic (exact) mass is 490 g/mol. The van der Waals surface area contributed by atoms with Gasteiger partial charge in [0.25, 0.3) is 0 Å². The van der Waals surface area contributed by atoms with Crippen LogP contribution in [-0.2, 0) is 13.0 Å². The van der Waals surface area contributed by atoms with Crippen LogP contribution in [0.1, 0.15) is 23.7 Å². The zero-order chi connectivity index (χ0) is 18.1. The summed E-state index contributed by atoms with van der Waals surface area (Å²) in [4.78, 5) is 9.92. The first-order valence-electron chi connectivity index (χ1n) is 8.34. The van der Waals surface area contributed by atoms with Gasteiger partial charge >= 0.3 is 0 Å². The summed E-state index contributed by atoms with van der Waals surface area (Å²) in [7, 11) is 3.39. The number of aliphatic imine (C=N–C) groups is 1. The molecule has 0 saturated heterocycles. The molecule has 144 valence electrons. The van der Waals surface area contributed by atoms with Gasteiger partial charge in [0.2, 0.25) is 0 Å². The molecule has 0 amide bonds. The number of rotatable bonds is 8. The molecular weight excluding hydrogens is 463 g/mol. The van der Waals surface area contributed by atoms with Crippen LogP contribution in [0.15, 0.2) is 35.5 Å². The number of nitrogens with zero attached hydrogens (tertiary/aromatic N) is 2. The number of aromatic nitrogens is 1. The quantitative estimate of drug-likeness (QED) is 0.337. The van der Waals surface area contributed by atoms with Crippen molar-refractivity contribution in [1.29, 1.82) is 0 Å². The summed E-state index contributed by atoms with van der Waals surface area (Å²) < 4.78 is 11.2. The molecule has 8 heteroatoms. The van der Waals surface area contributed by atoms with Crippen molar-refractivity contribution in [2.24, 2.45) is 4.99 Å². The Kier molecular flexibility index (Phi) is 10.3. The molecule has 0 fully saturated rings. The van der Waals surface area contributed by atoms with Crippen molar-refractivity contribution in [2.45, 2.75) is 32.9 Å². The Balaban J connectivity index is 0.00000338. The molecule has 0 saturated carbocycles. The molecule has 1 unspecified atom stereocenters. The first kappa shape index (κ1) is 22.5. The van der Waals surface area contributed by atoms with Crippen molar-refractivity contribution in [1.82, 2.24) is 15.6 Å². The van der Waals surface area contributed by atoms with Crippen LogP contribution in [-0.4, -0.2) is 37.7 Å². The van der Waals surface area contributed by atoms with Crippen LogP contribution >= 0.6 is 35.3 Å². The number of nitrogens with one attached hydrogen (secondary N) is 2. The zero-order valence-corrected chi connectivity index (χ0v) is 18.8. The Labute approximate surface area is 176 Å². The molecule has 0 bridgehead atoms. The van der Waals surface area contributed by atoms with Crippen molar-refractivity contribution in [3.05, 3.63) is 40.3 Å². The third kappa shape index (κ3) is 6.99. The van der Waals surface area contributed by atoms with Crippen LogP contribution in [0.25, 0.3) is 0 Å². The third-order valence-corrected chi connectivity index (χ3v) is 4.68. The molecule has 0 aliphatic rings. The average Bonchev–Trinajstić information content (AvgIpc) is 3.10. The summed E-state index contributed by atoms with van der Waals surface area (Å²) >= 11 is 1.72. The van der Waals surface area contributed by atoms with E-state index >= 15 is 0 Å². The molecule has 0 aliphatic carbocycles. The number of hydrogen-bond donors (Lipinski definition) is 2. The van der Waals surface area contributed by atoms with E-state index in [0.717, 1.165) is 28.9 Å². The molecule has 6 nitrogen and oxygen atoms in total. The van der Waals surface area contributed by atoms with E-state index in [-0.39, 0.29) is 30.1 Å². The van der Waals surface area contributed by atoms with Gasteiger partial charge in [0.1, 0.15) is 11.1 Å². The summed E-state index contributed by atoms with van der Waals surface area (Å²) in [5.74, 6) is 2.19. The van der Waals surface area contributed by atoms with Crippen molar-refractivity contribution in [3.8, 4) is 11.5 Å². The normalized spacial score (nSPS) is 12.1. The highest BCUT2D eigenvalue weighted by Gasteiger charge is 2.09. The summed E-state index contributed by atoms with van der Waals surface area (Å²) in [5, 5.41) is 7.59. The van der Waals surface area contributed by atoms with Gasteiger partial charge in [-0.3, -0.25) is 4.99 Å². The minimum Gasteiger partial charge on any atom is -0.493 e. The second kappa shape index (κ2) is 11.9. The SMILES string of the molecule is CCc1cnc(CNC(=NC)NCC(C)Oc2ccccc2OC)s1.I. The standard InChI is InChI=1S/C18H26N4O2S.HI/c1-5-14-11-20-17(25-14)12-22-18(19-3)21-10-13(2)24-16-9-7-6-8-15(16)23-4;/h6-9,11,13H,5,10,12H2,1-4H3,(H2,19,21,22);1H. The molecule has 0 radical (unpaired) electrons. The van der Waals surface area contributed by atoms with Crippen molar-refractivity contribution in [2.75, 3.05) is 20.7 Å². The van der Waals surface area contributed by atoms with Gasteiger partial charge in [0.05, 0.1) is 20.2 Å². The number of ether oxygens (including phenoxy) is 2. The number of hydrogen-bond acceptors (Lipinski definition) is 5. The second-order valence-corrected chi connectivity index (χ2v) is 6.66. The molecule has 1 atom stereocenters. The van der Waals surface area contributed by atoms with E-state index in [1.165, 1.54) is 4.88 Å². The number of benzene rings is 1. The fourth-order valence-corrected chi connectivity index (χ4v) is 2.99. The number of thiazole rings is 1. The molecule has 0 aliphatic heterocycles. The zero-order valence-electron chi connectivity index (χ0n) is 15.6. The van der Waals surface area contributed by atoms with E-state index in [1.54, 1.807) is 25.5 Å². The van der Waals surface area contributed by atoms with Crippen LogP contribution in [0.5, 0.6) is 11.5 Å². The van der Waals surface area contributed by atoms with Gasteiger partial charge in [0.15, 0.2) is 17.5 Å². The minimum atomic E-state index is -0.0404. The molecule has 1 aromatic heterocycles. The van der Waals surface area contributed by atoms with Gasteiger partial charge in [-0.05, 0) is 25.5 Å². The largest absolute Gasteiger partial charge is 0.493 e. The number of methoxy groups -OCH3 is 1. The van der Waals surface area contributed by atoms with Crippen molar-refractivity contribution < 1.29 is 9.47 Å². The van der Waals surface area contributed by atoms with Gasteiger partial charge in [-0.1, -0.05) is 19.1 Å². The Morgan fingerprint density at radius 3 is 2.62 bits per heavy atom. The Morgan fingerprint density at radius 1 is 1.27 bits per heavy atom. The van der Waals surface area contributed by atoms with Gasteiger partial charge < -0.3 is 20.1 Å². The van der Waals surface area contributed by atoms with Gasteiger partial charge in [0, 0.05) is 18.1 Å². The van der Waals surface area contributed by atoms with Crippen LogP contribution in [0.4, 0.5) is 0 Å². The Bertz CT molecular complexity index is 693. The van der Waals surface area contributed by atoms with E-state index in [4.69, 9.17) is 9.47 Å². The predicted molar refractivity (Wildman–Crippen MR) is 118 cm³/mol. The lowest BCUT2D eigenvalue weighted by atomic mass is 10.3. The molecule has 0 spiro atoms. The van der Waals surface area contributed by atoms with Crippen molar-refractivity contribution >= 4 is 41.3 Å². The first-order valence-corrected chi connectivity index (χ1v) is 9.15.